The van der Waals surface area contributed by atoms with Crippen LogP contribution in [0, 0.1) is 0 Å². The van der Waals surface area contributed by atoms with Crippen molar-refractivity contribution in [1.82, 2.24) is 41.8 Å². The summed E-state index contributed by atoms with van der Waals surface area (Å²) in [6.45, 7) is 0.693. The molecule has 2 aliphatic rings. The lowest BCUT2D eigenvalue weighted by Gasteiger charge is -2.31. The number of hydrogen-bond acceptors (Lipinski definition) is 15. The lowest BCUT2D eigenvalue weighted by atomic mass is 10.0. The van der Waals surface area contributed by atoms with E-state index in [0.717, 1.165) is 23.5 Å². The molecule has 8 amide bonds. The van der Waals surface area contributed by atoms with E-state index in [0.29, 0.717) is 22.9 Å². The predicted octanol–water partition coefficient (Wildman–Crippen LogP) is -4.60. The number of carboxylic acid groups (broad SMARTS) is 1. The summed E-state index contributed by atoms with van der Waals surface area (Å²) in [6.07, 6.45) is -0.517. The number of carboxylic acids is 1. The highest BCUT2D eigenvalue weighted by Crippen LogP contribution is 2.24. The maximum Gasteiger partial charge on any atom is 0.327 e. The van der Waals surface area contributed by atoms with Crippen molar-refractivity contribution in [3.63, 3.8) is 0 Å². The van der Waals surface area contributed by atoms with Crippen molar-refractivity contribution < 1.29 is 58.2 Å². The van der Waals surface area contributed by atoms with E-state index in [9.17, 15) is 58.2 Å². The number of thioether (sulfide) groups is 2. The van der Waals surface area contributed by atoms with Gasteiger partial charge < -0.3 is 74.9 Å². The first-order chi connectivity index (χ1) is 32.8. The minimum atomic E-state index is -1.74. The minimum absolute atomic E-state index is 0.0182. The zero-order chi connectivity index (χ0) is 50.8. The summed E-state index contributed by atoms with van der Waals surface area (Å²) in [6, 6.07) is -3.11. The number of aliphatic imine (C=N–C) groups is 1. The fourth-order valence-electron chi connectivity index (χ4n) is 7.52. The predicted molar refractivity (Wildman–Crippen MR) is 255 cm³/mol. The second kappa shape index (κ2) is 26.9. The van der Waals surface area contributed by atoms with Gasteiger partial charge in [0.1, 0.15) is 42.3 Å². The van der Waals surface area contributed by atoms with Gasteiger partial charge in [-0.1, -0.05) is 18.2 Å². The normalized spacial score (nSPS) is 24.7. The van der Waals surface area contributed by atoms with Crippen LogP contribution in [0.25, 0.3) is 10.9 Å². The van der Waals surface area contributed by atoms with E-state index in [1.807, 2.05) is 0 Å². The third kappa shape index (κ3) is 16.9. The molecule has 0 aliphatic carbocycles. The second-order valence-corrected chi connectivity index (χ2v) is 18.5. The Hall–Kier alpha value is -6.45. The number of aliphatic hydroxyl groups excluding tert-OH is 1. The zero-order valence-corrected chi connectivity index (χ0v) is 39.5. The number of guanidine groups is 1. The van der Waals surface area contributed by atoms with Gasteiger partial charge in [-0.2, -0.15) is 23.5 Å². The summed E-state index contributed by atoms with van der Waals surface area (Å²) in [7, 11) is 0. The lowest BCUT2D eigenvalue weighted by Crippen LogP contribution is -2.61. The smallest absolute Gasteiger partial charge is 0.327 e. The molecule has 4 rings (SSSR count). The monoisotopic (exact) mass is 1000 g/mol. The van der Waals surface area contributed by atoms with E-state index < -0.39 is 115 Å². The highest BCUT2D eigenvalue weighted by molar-refractivity contribution is 8.01. The molecule has 2 aromatic rings. The van der Waals surface area contributed by atoms with Crippen LogP contribution in [0.2, 0.25) is 0 Å². The van der Waals surface area contributed by atoms with Gasteiger partial charge in [0.2, 0.25) is 47.3 Å². The number of hydrogen-bond donors (Lipinski definition) is 13. The quantitative estimate of drug-likeness (QED) is 0.0510. The maximum absolute atomic E-state index is 14.7. The summed E-state index contributed by atoms with van der Waals surface area (Å²) in [5, 5.41) is 36.5. The van der Waals surface area contributed by atoms with Gasteiger partial charge in [-0.05, 0) is 50.7 Å². The summed E-state index contributed by atoms with van der Waals surface area (Å²) >= 11 is 1.85. The zero-order valence-electron chi connectivity index (χ0n) is 37.9. The molecule has 2 fully saturated rings. The van der Waals surface area contributed by atoms with Gasteiger partial charge in [0, 0.05) is 54.5 Å². The number of fused-ring (bicyclic) bond motifs is 2. The van der Waals surface area contributed by atoms with Gasteiger partial charge in [0.05, 0.1) is 24.2 Å². The fourth-order valence-corrected chi connectivity index (χ4v) is 9.47. The molecule has 0 saturated carbocycles. The molecule has 0 bridgehead atoms. The van der Waals surface area contributed by atoms with E-state index in [4.69, 9.17) is 22.9 Å². The topological polar surface area (TPSA) is 419 Å². The van der Waals surface area contributed by atoms with Crippen LogP contribution in [-0.4, -0.2) is 176 Å². The Morgan fingerprint density at radius 3 is 2.16 bits per heavy atom. The molecule has 2 saturated heterocycles. The number of aliphatic hydroxyl groups is 1. The number of aromatic amines is 1. The molecule has 69 heavy (non-hydrogen) atoms. The first kappa shape index (κ1) is 55.1. The number of aliphatic carboxylic acids is 1. The Morgan fingerprint density at radius 1 is 0.855 bits per heavy atom. The second-order valence-electron chi connectivity index (χ2n) is 16.4. The van der Waals surface area contributed by atoms with Crippen LogP contribution < -0.4 is 54.8 Å². The van der Waals surface area contributed by atoms with Crippen LogP contribution in [0.3, 0.4) is 0 Å². The van der Waals surface area contributed by atoms with Crippen molar-refractivity contribution in [3.8, 4) is 0 Å². The van der Waals surface area contributed by atoms with Gasteiger partial charge in [-0.25, -0.2) is 4.79 Å². The Morgan fingerprint density at radius 2 is 1.51 bits per heavy atom. The number of Topliss-reactive ketones (excluding diaryl/α,β-unsaturated/α-hetero) is 1. The third-order valence-corrected chi connectivity index (χ3v) is 13.2. The first-order valence-electron chi connectivity index (χ1n) is 22.1. The standard InChI is InChI=1S/C42H61N13O12S2/c1-21(56)34-39(64)51-26(8-4-12-47-42(45)46)35(60)50-27(10-11-32(44)58)36(61)52-28(14-22-16-48-25-7-3-2-6-24(22)25)40(65)55-13-5-9-31(55)38(63)53-30(41(66)67)20-69-18-23(57)17-68-19-29(37(62)54-34)49-33(59)15-43/h2-3,6-7,16,21,26-31,34,48,56H,4-5,8-15,17-20,43H2,1H3,(H2,44,58)(H,49,59)(H,50,60)(H,51,64)(H,52,61)(H,53,63)(H,54,62)(H,66,67)(H4,45,46,47)/t21-,26+,27+,28+,29+,30+,31+,34+/m1/s1. The third-order valence-electron chi connectivity index (χ3n) is 11.1. The molecule has 25 nitrogen and oxygen atoms in total. The van der Waals surface area contributed by atoms with Gasteiger partial charge in [0.15, 0.2) is 11.7 Å². The number of aromatic nitrogens is 1. The van der Waals surface area contributed by atoms with Gasteiger partial charge >= 0.3 is 5.97 Å². The van der Waals surface area contributed by atoms with Crippen LogP contribution >= 0.6 is 23.5 Å². The van der Waals surface area contributed by atoms with Crippen LogP contribution in [-0.2, 0) is 54.4 Å². The molecule has 0 spiro atoms. The highest BCUT2D eigenvalue weighted by Gasteiger charge is 2.40. The Balaban J connectivity index is 1.76. The van der Waals surface area contributed by atoms with Crippen molar-refractivity contribution in [3.05, 3.63) is 36.0 Å². The van der Waals surface area contributed by atoms with E-state index >= 15 is 0 Å². The van der Waals surface area contributed by atoms with Crippen molar-refractivity contribution >= 4 is 99.4 Å². The molecule has 378 valence electrons. The Bertz CT molecular complexity index is 2240. The van der Waals surface area contributed by atoms with Crippen LogP contribution in [0.1, 0.15) is 51.0 Å². The van der Waals surface area contributed by atoms with E-state index in [1.54, 1.807) is 30.5 Å². The highest BCUT2D eigenvalue weighted by atomic mass is 32.2. The average molecular weight is 1000 g/mol. The van der Waals surface area contributed by atoms with E-state index in [1.165, 1.54) is 11.8 Å². The number of amides is 8. The van der Waals surface area contributed by atoms with E-state index in [-0.39, 0.29) is 79.9 Å². The summed E-state index contributed by atoms with van der Waals surface area (Å²) in [5.41, 5.74) is 23.2. The number of rotatable bonds is 13. The Kier molecular flexibility index (Phi) is 21.5. The maximum atomic E-state index is 14.7. The van der Waals surface area contributed by atoms with Crippen LogP contribution in [0.15, 0.2) is 35.5 Å². The number of nitrogens with zero attached hydrogens (tertiary/aromatic N) is 2. The molecular weight excluding hydrogens is 943 g/mol. The molecule has 27 heteroatoms. The average Bonchev–Trinajstić information content (AvgIpc) is 3.96. The summed E-state index contributed by atoms with van der Waals surface area (Å²) in [4.78, 5) is 143. The van der Waals surface area contributed by atoms with Gasteiger partial charge in [-0.3, -0.25) is 48.1 Å². The molecule has 17 N–H and O–H groups in total. The largest absolute Gasteiger partial charge is 0.480 e. The number of nitrogens with one attached hydrogen (secondary N) is 7. The summed E-state index contributed by atoms with van der Waals surface area (Å²) in [5.74, 6) is -9.99. The molecule has 2 aliphatic heterocycles. The first-order valence-corrected chi connectivity index (χ1v) is 24.4. The number of primary amides is 1. The number of carbonyl (C=O) groups is 10. The van der Waals surface area contributed by atoms with Gasteiger partial charge in [-0.15, -0.1) is 0 Å². The molecule has 1 aromatic heterocycles. The molecule has 8 atom stereocenters. The molecule has 3 heterocycles. The lowest BCUT2D eigenvalue weighted by molar-refractivity contribution is -0.144. The van der Waals surface area contributed by atoms with Crippen molar-refractivity contribution in [2.45, 2.75) is 100 Å². The number of carbonyl (C=O) groups excluding carboxylic acids is 9. The number of benzene rings is 1. The van der Waals surface area contributed by atoms with Crippen molar-refractivity contribution in [2.24, 2.45) is 27.9 Å². The number of para-hydroxylation sites is 1. The van der Waals surface area contributed by atoms with E-state index in [2.05, 4.69) is 41.9 Å². The number of nitrogens with two attached hydrogens (primary N) is 4. The molecule has 0 radical (unpaired) electrons. The van der Waals surface area contributed by atoms with Crippen molar-refractivity contribution in [1.29, 1.82) is 0 Å². The SMILES string of the molecule is C[C@@H](O)[C@@H]1NC(=O)[C@@H](NC(=O)CN)CSCC(=O)CSC[C@@H](C(=O)O)NC(=O)[C@@H]2CCCN2C(=O)[C@H](Cc2c[nH]c3ccccc23)NC(=O)[C@H](CCC(N)=O)NC(=O)[C@H](CCCN=C(N)N)NC1=O. The number of H-pyrrole nitrogens is 1. The molecular formula is C42H61N13O12S2. The van der Waals surface area contributed by atoms with Gasteiger partial charge in [0.25, 0.3) is 0 Å². The Labute approximate surface area is 404 Å². The minimum Gasteiger partial charge on any atom is -0.480 e. The van der Waals surface area contributed by atoms with Crippen LogP contribution in [0.4, 0.5) is 0 Å². The van der Waals surface area contributed by atoms with Crippen LogP contribution in [0.5, 0.6) is 0 Å². The van der Waals surface area contributed by atoms with Crippen molar-refractivity contribution in [2.75, 3.05) is 42.6 Å². The number of ketones is 1. The molecule has 0 unspecified atom stereocenters. The fraction of sp³-hybridized carbons (Fsp3) is 0.548. The summed E-state index contributed by atoms with van der Waals surface area (Å²) < 4.78 is 0. The molecule has 1 aromatic carbocycles.